The van der Waals surface area contributed by atoms with Gasteiger partial charge in [-0.05, 0) is 60.8 Å². The lowest BCUT2D eigenvalue weighted by Crippen LogP contribution is -2.45. The molecule has 1 aromatic heterocycles. The SMILES string of the molecule is O=C(N[C@H]1CCc2ccccc21)N1CCC(Cc2cccnc2)CC1. The van der Waals surface area contributed by atoms with Gasteiger partial charge >= 0.3 is 6.03 Å². The summed E-state index contributed by atoms with van der Waals surface area (Å²) in [6.07, 6.45) is 9.07. The van der Waals surface area contributed by atoms with E-state index in [1.807, 2.05) is 23.4 Å². The molecule has 0 radical (unpaired) electrons. The molecule has 130 valence electrons. The van der Waals surface area contributed by atoms with E-state index in [2.05, 4.69) is 40.6 Å². The average Bonchev–Trinajstić information content (AvgIpc) is 3.06. The number of aryl methyl sites for hydroxylation is 1. The Morgan fingerprint density at radius 1 is 1.12 bits per heavy atom. The summed E-state index contributed by atoms with van der Waals surface area (Å²) in [6.45, 7) is 1.70. The molecule has 2 aliphatic rings. The van der Waals surface area contributed by atoms with Crippen molar-refractivity contribution < 1.29 is 4.79 Å². The summed E-state index contributed by atoms with van der Waals surface area (Å²) in [5, 5.41) is 3.25. The van der Waals surface area contributed by atoms with Crippen LogP contribution in [-0.2, 0) is 12.8 Å². The summed E-state index contributed by atoms with van der Waals surface area (Å²) in [5.41, 5.74) is 3.97. The van der Waals surface area contributed by atoms with Gasteiger partial charge in [-0.2, -0.15) is 0 Å². The minimum atomic E-state index is 0.0986. The van der Waals surface area contributed by atoms with Crippen LogP contribution in [0.25, 0.3) is 0 Å². The Bertz CT molecular complexity index is 723. The predicted molar refractivity (Wildman–Crippen MR) is 98.3 cm³/mol. The summed E-state index contributed by atoms with van der Waals surface area (Å²) in [7, 11) is 0. The molecule has 0 spiro atoms. The van der Waals surface area contributed by atoms with E-state index in [0.717, 1.165) is 45.2 Å². The second-order valence-corrected chi connectivity index (χ2v) is 7.24. The summed E-state index contributed by atoms with van der Waals surface area (Å²) >= 11 is 0. The lowest BCUT2D eigenvalue weighted by Gasteiger charge is -2.33. The van der Waals surface area contributed by atoms with Gasteiger partial charge in [-0.15, -0.1) is 0 Å². The highest BCUT2D eigenvalue weighted by Gasteiger charge is 2.27. The molecular formula is C21H25N3O. The first-order valence-corrected chi connectivity index (χ1v) is 9.32. The molecule has 4 nitrogen and oxygen atoms in total. The molecule has 1 N–H and O–H groups in total. The summed E-state index contributed by atoms with van der Waals surface area (Å²) in [6, 6.07) is 12.9. The molecule has 1 saturated heterocycles. The van der Waals surface area contributed by atoms with Crippen LogP contribution in [0.5, 0.6) is 0 Å². The summed E-state index contributed by atoms with van der Waals surface area (Å²) in [4.78, 5) is 18.8. The monoisotopic (exact) mass is 335 g/mol. The lowest BCUT2D eigenvalue weighted by molar-refractivity contribution is 0.167. The highest BCUT2D eigenvalue weighted by molar-refractivity contribution is 5.75. The van der Waals surface area contributed by atoms with Gasteiger partial charge < -0.3 is 10.2 Å². The first-order valence-electron chi connectivity index (χ1n) is 9.32. The molecule has 4 heteroatoms. The molecule has 1 aromatic carbocycles. The molecule has 1 aliphatic heterocycles. The number of amides is 2. The van der Waals surface area contributed by atoms with Gasteiger partial charge in [-0.3, -0.25) is 4.98 Å². The molecule has 0 unspecified atom stereocenters. The van der Waals surface area contributed by atoms with E-state index < -0.39 is 0 Å². The van der Waals surface area contributed by atoms with Crippen LogP contribution in [0, 0.1) is 5.92 Å². The quantitative estimate of drug-likeness (QED) is 0.929. The van der Waals surface area contributed by atoms with Crippen LogP contribution in [0.3, 0.4) is 0 Å². The van der Waals surface area contributed by atoms with Crippen LogP contribution in [0.4, 0.5) is 4.79 Å². The van der Waals surface area contributed by atoms with Crippen molar-refractivity contribution in [2.24, 2.45) is 5.92 Å². The van der Waals surface area contributed by atoms with Crippen molar-refractivity contribution in [1.82, 2.24) is 15.2 Å². The Hall–Kier alpha value is -2.36. The largest absolute Gasteiger partial charge is 0.331 e. The van der Waals surface area contributed by atoms with E-state index in [1.54, 1.807) is 0 Å². The smallest absolute Gasteiger partial charge is 0.317 e. The van der Waals surface area contributed by atoms with E-state index in [4.69, 9.17) is 0 Å². The van der Waals surface area contributed by atoms with Gasteiger partial charge in [0.1, 0.15) is 0 Å². The highest BCUT2D eigenvalue weighted by atomic mass is 16.2. The third kappa shape index (κ3) is 3.68. The molecule has 4 rings (SSSR count). The maximum atomic E-state index is 12.6. The predicted octanol–water partition coefficient (Wildman–Crippen LogP) is 3.73. The molecule has 2 amide bonds. The Labute approximate surface area is 149 Å². The van der Waals surface area contributed by atoms with E-state index in [-0.39, 0.29) is 12.1 Å². The van der Waals surface area contributed by atoms with Gasteiger partial charge in [-0.25, -0.2) is 4.79 Å². The number of nitrogens with zero attached hydrogens (tertiary/aromatic N) is 2. The Kier molecular flexibility index (Phi) is 4.68. The molecule has 1 fully saturated rings. The first-order chi connectivity index (χ1) is 12.3. The molecule has 2 heterocycles. The fraction of sp³-hybridized carbons (Fsp3) is 0.429. The minimum Gasteiger partial charge on any atom is -0.331 e. The van der Waals surface area contributed by atoms with Gasteiger partial charge in [-0.1, -0.05) is 30.3 Å². The number of carbonyl (C=O) groups excluding carboxylic acids is 1. The van der Waals surface area contributed by atoms with Crippen molar-refractivity contribution in [3.8, 4) is 0 Å². The zero-order chi connectivity index (χ0) is 17.1. The number of piperidine rings is 1. The van der Waals surface area contributed by atoms with Crippen molar-refractivity contribution in [3.05, 3.63) is 65.5 Å². The molecule has 0 saturated carbocycles. The summed E-state index contributed by atoms with van der Waals surface area (Å²) < 4.78 is 0. The normalized spacial score (nSPS) is 20.3. The molecule has 1 atom stereocenters. The third-order valence-corrected chi connectivity index (χ3v) is 5.58. The molecular weight excluding hydrogens is 310 g/mol. The molecule has 1 aliphatic carbocycles. The Balaban J connectivity index is 1.29. The highest BCUT2D eigenvalue weighted by Crippen LogP contribution is 2.31. The van der Waals surface area contributed by atoms with Crippen LogP contribution in [-0.4, -0.2) is 29.0 Å². The zero-order valence-corrected chi connectivity index (χ0v) is 14.5. The number of benzene rings is 1. The fourth-order valence-corrected chi connectivity index (χ4v) is 4.14. The lowest BCUT2D eigenvalue weighted by atomic mass is 9.91. The molecule has 2 aromatic rings. The maximum Gasteiger partial charge on any atom is 0.317 e. The number of hydrogen-bond acceptors (Lipinski definition) is 2. The number of urea groups is 1. The number of rotatable bonds is 3. The van der Waals surface area contributed by atoms with E-state index in [9.17, 15) is 4.79 Å². The molecule has 0 bridgehead atoms. The average molecular weight is 335 g/mol. The van der Waals surface area contributed by atoms with Crippen molar-refractivity contribution in [1.29, 1.82) is 0 Å². The van der Waals surface area contributed by atoms with Gasteiger partial charge in [0.05, 0.1) is 6.04 Å². The number of carbonyl (C=O) groups is 1. The van der Waals surface area contributed by atoms with Crippen LogP contribution >= 0.6 is 0 Å². The van der Waals surface area contributed by atoms with E-state index in [1.165, 1.54) is 16.7 Å². The van der Waals surface area contributed by atoms with Crippen molar-refractivity contribution >= 4 is 6.03 Å². The van der Waals surface area contributed by atoms with Gasteiger partial charge in [0, 0.05) is 25.5 Å². The van der Waals surface area contributed by atoms with E-state index >= 15 is 0 Å². The minimum absolute atomic E-state index is 0.0986. The number of nitrogens with one attached hydrogen (secondary N) is 1. The number of aromatic nitrogens is 1. The van der Waals surface area contributed by atoms with E-state index in [0.29, 0.717) is 5.92 Å². The van der Waals surface area contributed by atoms with Crippen molar-refractivity contribution in [2.45, 2.75) is 38.1 Å². The first kappa shape index (κ1) is 16.1. The maximum absolute atomic E-state index is 12.6. The van der Waals surface area contributed by atoms with Gasteiger partial charge in [0.2, 0.25) is 0 Å². The summed E-state index contributed by atoms with van der Waals surface area (Å²) in [5.74, 6) is 0.653. The Morgan fingerprint density at radius 3 is 2.76 bits per heavy atom. The van der Waals surface area contributed by atoms with Crippen molar-refractivity contribution in [2.75, 3.05) is 13.1 Å². The second kappa shape index (κ2) is 7.26. The van der Waals surface area contributed by atoms with Crippen LogP contribution < -0.4 is 5.32 Å². The van der Waals surface area contributed by atoms with Crippen LogP contribution in [0.2, 0.25) is 0 Å². The number of likely N-dealkylation sites (tertiary alicyclic amines) is 1. The van der Waals surface area contributed by atoms with Gasteiger partial charge in [0.25, 0.3) is 0 Å². The number of hydrogen-bond donors (Lipinski definition) is 1. The topological polar surface area (TPSA) is 45.2 Å². The van der Waals surface area contributed by atoms with Crippen molar-refractivity contribution in [3.63, 3.8) is 0 Å². The number of pyridine rings is 1. The second-order valence-electron chi connectivity index (χ2n) is 7.24. The van der Waals surface area contributed by atoms with Crippen LogP contribution in [0.1, 0.15) is 42.0 Å². The van der Waals surface area contributed by atoms with Crippen LogP contribution in [0.15, 0.2) is 48.8 Å². The Morgan fingerprint density at radius 2 is 1.96 bits per heavy atom. The van der Waals surface area contributed by atoms with Gasteiger partial charge in [0.15, 0.2) is 0 Å². The molecule has 25 heavy (non-hydrogen) atoms. The standard InChI is InChI=1S/C21H25N3O/c25-21(23-20-8-7-18-5-1-2-6-19(18)20)24-12-9-16(10-13-24)14-17-4-3-11-22-15-17/h1-6,11,15-16,20H,7-10,12-14H2,(H,23,25)/t20-/m0/s1. The fourth-order valence-electron chi connectivity index (χ4n) is 4.14. The third-order valence-electron chi connectivity index (χ3n) is 5.58. The number of fused-ring (bicyclic) bond motifs is 1. The zero-order valence-electron chi connectivity index (χ0n) is 14.5.